The van der Waals surface area contributed by atoms with Crippen LogP contribution < -0.4 is 9.47 Å². The van der Waals surface area contributed by atoms with Crippen LogP contribution in [0.2, 0.25) is 0 Å². The normalized spacial score (nSPS) is 25.2. The molecule has 1 heterocycles. The van der Waals surface area contributed by atoms with Crippen LogP contribution in [0.5, 0.6) is 11.5 Å². The molecule has 0 radical (unpaired) electrons. The van der Waals surface area contributed by atoms with Gasteiger partial charge in [0.2, 0.25) is 6.79 Å². The Labute approximate surface area is 131 Å². The Hall–Kier alpha value is -1.77. The Morgan fingerprint density at radius 2 is 1.73 bits per heavy atom. The summed E-state index contributed by atoms with van der Waals surface area (Å²) in [7, 11) is 0. The van der Waals surface area contributed by atoms with Gasteiger partial charge in [0.05, 0.1) is 0 Å². The number of carbonyl (C=O) groups is 1. The van der Waals surface area contributed by atoms with E-state index in [0.717, 1.165) is 17.9 Å². The predicted octanol–water partition coefficient (Wildman–Crippen LogP) is 4.37. The van der Waals surface area contributed by atoms with E-state index in [1.54, 1.807) is 0 Å². The molecule has 1 saturated carbocycles. The molecule has 0 bridgehead atoms. The summed E-state index contributed by atoms with van der Waals surface area (Å²) in [5, 5.41) is 0. The first-order valence-corrected chi connectivity index (χ1v) is 8.42. The molecule has 4 rings (SSSR count). The number of benzene rings is 1. The largest absolute Gasteiger partial charge is 0.454 e. The minimum Gasteiger partial charge on any atom is -0.454 e. The van der Waals surface area contributed by atoms with Gasteiger partial charge >= 0.3 is 0 Å². The van der Waals surface area contributed by atoms with Crippen LogP contribution in [0, 0.1) is 5.92 Å². The molecule has 1 fully saturated rings. The molecule has 1 atom stereocenters. The summed E-state index contributed by atoms with van der Waals surface area (Å²) < 4.78 is 10.9. The third kappa shape index (κ3) is 2.65. The molecule has 0 amide bonds. The maximum Gasteiger partial charge on any atom is 0.231 e. The van der Waals surface area contributed by atoms with Crippen LogP contribution >= 0.6 is 0 Å². The Morgan fingerprint density at radius 3 is 2.59 bits per heavy atom. The zero-order valence-corrected chi connectivity index (χ0v) is 12.8. The Bertz CT molecular complexity index is 611. The first kappa shape index (κ1) is 13.9. The van der Waals surface area contributed by atoms with Crippen molar-refractivity contribution in [3.05, 3.63) is 35.4 Å². The third-order valence-electron chi connectivity index (χ3n) is 5.27. The Kier molecular flexibility index (Phi) is 3.65. The van der Waals surface area contributed by atoms with Gasteiger partial charge in [0.1, 0.15) is 0 Å². The van der Waals surface area contributed by atoms with E-state index in [9.17, 15) is 4.79 Å². The average molecular weight is 298 g/mol. The van der Waals surface area contributed by atoms with Crippen LogP contribution in [-0.4, -0.2) is 12.6 Å². The number of rotatable bonds is 2. The second-order valence-electron chi connectivity index (χ2n) is 6.74. The highest BCUT2D eigenvalue weighted by molar-refractivity contribution is 5.92. The highest BCUT2D eigenvalue weighted by Gasteiger charge is 2.28. The van der Waals surface area contributed by atoms with Gasteiger partial charge in [0.15, 0.2) is 17.3 Å². The molecule has 3 aliphatic rings. The molecule has 22 heavy (non-hydrogen) atoms. The Balaban J connectivity index is 1.55. The highest BCUT2D eigenvalue weighted by Crippen LogP contribution is 2.42. The molecule has 1 aromatic rings. The van der Waals surface area contributed by atoms with Crippen molar-refractivity contribution < 1.29 is 14.3 Å². The second kappa shape index (κ2) is 5.79. The molecule has 3 heteroatoms. The topological polar surface area (TPSA) is 35.5 Å². The van der Waals surface area contributed by atoms with Gasteiger partial charge < -0.3 is 9.47 Å². The fourth-order valence-corrected chi connectivity index (χ4v) is 4.08. The highest BCUT2D eigenvalue weighted by atomic mass is 16.7. The van der Waals surface area contributed by atoms with Gasteiger partial charge in [0, 0.05) is 6.42 Å². The van der Waals surface area contributed by atoms with Gasteiger partial charge in [-0.05, 0) is 54.9 Å². The minimum atomic E-state index is 0.287. The lowest BCUT2D eigenvalue weighted by atomic mass is 9.74. The van der Waals surface area contributed by atoms with Crippen molar-refractivity contribution in [3.8, 4) is 11.5 Å². The van der Waals surface area contributed by atoms with Crippen LogP contribution in [0.15, 0.2) is 29.8 Å². The Morgan fingerprint density at radius 1 is 0.909 bits per heavy atom. The predicted molar refractivity (Wildman–Crippen MR) is 84.2 cm³/mol. The van der Waals surface area contributed by atoms with E-state index in [1.807, 2.05) is 12.1 Å². The lowest BCUT2D eigenvalue weighted by molar-refractivity contribution is -0.115. The SMILES string of the molecule is O=C1C=C(C2CCCCC2)CC(c2ccc3c(c2)OCO3)C1. The summed E-state index contributed by atoms with van der Waals surface area (Å²) in [6.45, 7) is 0.301. The molecular weight excluding hydrogens is 276 g/mol. The monoisotopic (exact) mass is 298 g/mol. The zero-order chi connectivity index (χ0) is 14.9. The van der Waals surface area contributed by atoms with Crippen LogP contribution in [0.1, 0.15) is 56.4 Å². The van der Waals surface area contributed by atoms with Gasteiger partial charge in [-0.2, -0.15) is 0 Å². The van der Waals surface area contributed by atoms with E-state index in [1.165, 1.54) is 43.2 Å². The first-order valence-electron chi connectivity index (χ1n) is 8.42. The summed E-state index contributed by atoms with van der Waals surface area (Å²) in [4.78, 5) is 12.2. The number of allylic oxidation sites excluding steroid dienone is 2. The van der Waals surface area contributed by atoms with Crippen LogP contribution in [0.4, 0.5) is 0 Å². The van der Waals surface area contributed by atoms with Crippen molar-refractivity contribution in [2.45, 2.75) is 50.9 Å². The molecule has 3 nitrogen and oxygen atoms in total. The zero-order valence-electron chi connectivity index (χ0n) is 12.8. The smallest absolute Gasteiger partial charge is 0.231 e. The average Bonchev–Trinajstić information content (AvgIpc) is 3.02. The van der Waals surface area contributed by atoms with Crippen molar-refractivity contribution in [1.82, 2.24) is 0 Å². The quantitative estimate of drug-likeness (QED) is 0.813. The van der Waals surface area contributed by atoms with E-state index < -0.39 is 0 Å². The van der Waals surface area contributed by atoms with Crippen molar-refractivity contribution in [2.24, 2.45) is 5.92 Å². The number of ether oxygens (including phenoxy) is 2. The van der Waals surface area contributed by atoms with Crippen molar-refractivity contribution >= 4 is 5.78 Å². The summed E-state index contributed by atoms with van der Waals surface area (Å²) in [6.07, 6.45) is 10.1. The number of carbonyl (C=O) groups excluding carboxylic acids is 1. The summed E-state index contributed by atoms with van der Waals surface area (Å²) >= 11 is 0. The van der Waals surface area contributed by atoms with Gasteiger partial charge in [0.25, 0.3) is 0 Å². The van der Waals surface area contributed by atoms with Gasteiger partial charge in [-0.1, -0.05) is 30.9 Å². The van der Waals surface area contributed by atoms with E-state index in [-0.39, 0.29) is 5.78 Å². The molecule has 1 aliphatic heterocycles. The molecule has 0 saturated heterocycles. The fraction of sp³-hybridized carbons (Fsp3) is 0.526. The van der Waals surface area contributed by atoms with Crippen molar-refractivity contribution in [2.75, 3.05) is 6.79 Å². The molecule has 0 N–H and O–H groups in total. The molecule has 0 spiro atoms. The van der Waals surface area contributed by atoms with Crippen molar-refractivity contribution in [1.29, 1.82) is 0 Å². The van der Waals surface area contributed by atoms with E-state index in [2.05, 4.69) is 12.1 Å². The minimum absolute atomic E-state index is 0.287. The first-order chi connectivity index (χ1) is 10.8. The van der Waals surface area contributed by atoms with Crippen LogP contribution in [-0.2, 0) is 4.79 Å². The van der Waals surface area contributed by atoms with Crippen molar-refractivity contribution in [3.63, 3.8) is 0 Å². The summed E-state index contributed by atoms with van der Waals surface area (Å²) in [6, 6.07) is 6.13. The van der Waals surface area contributed by atoms with E-state index >= 15 is 0 Å². The maximum atomic E-state index is 12.2. The fourth-order valence-electron chi connectivity index (χ4n) is 4.08. The molecule has 0 aromatic heterocycles. The number of fused-ring (bicyclic) bond motifs is 1. The summed E-state index contributed by atoms with van der Waals surface area (Å²) in [5.74, 6) is 2.85. The van der Waals surface area contributed by atoms with Gasteiger partial charge in [-0.3, -0.25) is 4.79 Å². The number of hydrogen-bond acceptors (Lipinski definition) is 3. The summed E-state index contributed by atoms with van der Waals surface area (Å²) in [5.41, 5.74) is 2.60. The molecule has 2 aliphatic carbocycles. The lowest BCUT2D eigenvalue weighted by Gasteiger charge is -2.30. The molecule has 116 valence electrons. The molecule has 1 unspecified atom stereocenters. The third-order valence-corrected chi connectivity index (χ3v) is 5.27. The van der Waals surface area contributed by atoms with Crippen LogP contribution in [0.25, 0.3) is 0 Å². The number of hydrogen-bond donors (Lipinski definition) is 0. The number of ketones is 1. The van der Waals surface area contributed by atoms with Gasteiger partial charge in [-0.25, -0.2) is 0 Å². The second-order valence-corrected chi connectivity index (χ2v) is 6.74. The maximum absolute atomic E-state index is 12.2. The molecule has 1 aromatic carbocycles. The van der Waals surface area contributed by atoms with E-state index in [4.69, 9.17) is 9.47 Å². The van der Waals surface area contributed by atoms with E-state index in [0.29, 0.717) is 25.0 Å². The molecular formula is C19H22O3. The van der Waals surface area contributed by atoms with Crippen LogP contribution in [0.3, 0.4) is 0 Å². The standard InChI is InChI=1S/C19H22O3/c20-17-9-15(13-4-2-1-3-5-13)8-16(10-17)14-6-7-18-19(11-14)22-12-21-18/h6-7,9,11,13,16H,1-5,8,10,12H2. The lowest BCUT2D eigenvalue weighted by Crippen LogP contribution is -2.19. The van der Waals surface area contributed by atoms with Gasteiger partial charge in [-0.15, -0.1) is 0 Å².